The molecule has 3 atom stereocenters. The van der Waals surface area contributed by atoms with Crippen molar-refractivity contribution in [1.29, 1.82) is 0 Å². The minimum Gasteiger partial charge on any atom is -0.381 e. The molecule has 106 valence electrons. The summed E-state index contributed by atoms with van der Waals surface area (Å²) in [6, 6.07) is 6.95. The quantitative estimate of drug-likeness (QED) is 0.842. The Bertz CT molecular complexity index is 448. The summed E-state index contributed by atoms with van der Waals surface area (Å²) in [5, 5.41) is 3.68. The van der Waals surface area contributed by atoms with E-state index >= 15 is 0 Å². The summed E-state index contributed by atoms with van der Waals surface area (Å²) in [5.74, 6) is 0. The van der Waals surface area contributed by atoms with Crippen LogP contribution in [0.15, 0.2) is 22.7 Å². The van der Waals surface area contributed by atoms with Gasteiger partial charge < -0.3 is 10.1 Å². The van der Waals surface area contributed by atoms with Crippen molar-refractivity contribution in [3.05, 3.63) is 28.2 Å². The first-order valence-electron chi connectivity index (χ1n) is 7.15. The minimum absolute atomic E-state index is 0.236. The van der Waals surface area contributed by atoms with Gasteiger partial charge in [0.15, 0.2) is 0 Å². The lowest BCUT2D eigenvalue weighted by atomic mass is 9.61. The van der Waals surface area contributed by atoms with Gasteiger partial charge in [0.25, 0.3) is 0 Å². The van der Waals surface area contributed by atoms with Crippen molar-refractivity contribution >= 4 is 21.6 Å². The van der Waals surface area contributed by atoms with Crippen LogP contribution < -0.4 is 5.32 Å². The van der Waals surface area contributed by atoms with Crippen molar-refractivity contribution < 1.29 is 4.74 Å². The molecule has 3 unspecified atom stereocenters. The lowest BCUT2D eigenvalue weighted by Crippen LogP contribution is -2.59. The van der Waals surface area contributed by atoms with Crippen LogP contribution in [0.5, 0.6) is 0 Å². The van der Waals surface area contributed by atoms with E-state index in [2.05, 4.69) is 67.1 Å². The fraction of sp³-hybridized carbons (Fsp3) is 0.625. The number of benzene rings is 1. The lowest BCUT2D eigenvalue weighted by molar-refractivity contribution is -0.109. The molecule has 0 radical (unpaired) electrons. The van der Waals surface area contributed by atoms with Crippen molar-refractivity contribution in [2.45, 2.75) is 52.7 Å². The zero-order valence-electron chi connectivity index (χ0n) is 12.3. The summed E-state index contributed by atoms with van der Waals surface area (Å²) < 4.78 is 6.99. The van der Waals surface area contributed by atoms with Gasteiger partial charge in [-0.25, -0.2) is 0 Å². The molecule has 1 fully saturated rings. The minimum atomic E-state index is 0.236. The molecule has 1 N–H and O–H groups in total. The number of rotatable bonds is 5. The molecular formula is C16H24BrNO. The van der Waals surface area contributed by atoms with Crippen LogP contribution in [0.2, 0.25) is 0 Å². The van der Waals surface area contributed by atoms with Gasteiger partial charge in [-0.05, 0) is 60.3 Å². The second-order valence-corrected chi connectivity index (χ2v) is 6.57. The molecule has 0 amide bonds. The van der Waals surface area contributed by atoms with E-state index < -0.39 is 0 Å². The average molecular weight is 326 g/mol. The lowest BCUT2D eigenvalue weighted by Gasteiger charge is -2.54. The van der Waals surface area contributed by atoms with Gasteiger partial charge in [0.1, 0.15) is 0 Å². The third-order valence-electron chi connectivity index (χ3n) is 4.57. The average Bonchev–Trinajstić information content (AvgIpc) is 2.39. The predicted octanol–water partition coefficient (Wildman–Crippen LogP) is 4.76. The summed E-state index contributed by atoms with van der Waals surface area (Å²) >= 11 is 3.64. The molecule has 1 aromatic carbocycles. The van der Waals surface area contributed by atoms with Crippen LogP contribution in [-0.2, 0) is 4.74 Å². The fourth-order valence-corrected chi connectivity index (χ4v) is 3.51. The van der Waals surface area contributed by atoms with Crippen molar-refractivity contribution in [1.82, 2.24) is 0 Å². The molecule has 0 spiro atoms. The molecule has 1 aliphatic carbocycles. The van der Waals surface area contributed by atoms with E-state index in [1.54, 1.807) is 0 Å². The van der Waals surface area contributed by atoms with Crippen molar-refractivity contribution in [3.8, 4) is 0 Å². The largest absolute Gasteiger partial charge is 0.381 e. The van der Waals surface area contributed by atoms with Crippen LogP contribution in [0.3, 0.4) is 0 Å². The van der Waals surface area contributed by atoms with Crippen LogP contribution in [0.4, 0.5) is 5.69 Å². The third kappa shape index (κ3) is 2.82. The highest BCUT2D eigenvalue weighted by Gasteiger charge is 2.51. The first-order chi connectivity index (χ1) is 9.01. The number of hydrogen-bond donors (Lipinski definition) is 1. The van der Waals surface area contributed by atoms with E-state index in [1.807, 2.05) is 0 Å². The topological polar surface area (TPSA) is 21.3 Å². The van der Waals surface area contributed by atoms with Gasteiger partial charge in [0, 0.05) is 28.2 Å². The number of ether oxygens (including phenoxy) is 1. The molecular weight excluding hydrogens is 302 g/mol. The van der Waals surface area contributed by atoms with Gasteiger partial charge in [-0.3, -0.25) is 0 Å². The van der Waals surface area contributed by atoms with Crippen LogP contribution in [-0.4, -0.2) is 18.8 Å². The van der Waals surface area contributed by atoms with Crippen molar-refractivity contribution in [2.24, 2.45) is 5.41 Å². The smallest absolute Gasteiger partial charge is 0.0667 e. The zero-order chi connectivity index (χ0) is 14.0. The first-order valence-corrected chi connectivity index (χ1v) is 7.94. The Morgan fingerprint density at radius 1 is 1.42 bits per heavy atom. The molecule has 0 aromatic heterocycles. The van der Waals surface area contributed by atoms with Gasteiger partial charge in [-0.15, -0.1) is 0 Å². The van der Waals surface area contributed by atoms with Crippen molar-refractivity contribution in [2.75, 3.05) is 11.9 Å². The summed E-state index contributed by atoms with van der Waals surface area (Å²) in [7, 11) is 0. The number of anilines is 1. The Hall–Kier alpha value is -0.540. The van der Waals surface area contributed by atoms with Gasteiger partial charge in [-0.1, -0.05) is 19.9 Å². The van der Waals surface area contributed by atoms with Gasteiger partial charge >= 0.3 is 0 Å². The zero-order valence-corrected chi connectivity index (χ0v) is 13.9. The van der Waals surface area contributed by atoms with E-state index in [9.17, 15) is 0 Å². The van der Waals surface area contributed by atoms with Crippen LogP contribution in [0.25, 0.3) is 0 Å². The Morgan fingerprint density at radius 2 is 2.16 bits per heavy atom. The summed E-state index contributed by atoms with van der Waals surface area (Å²) in [6.45, 7) is 9.58. The van der Waals surface area contributed by atoms with Crippen LogP contribution in [0.1, 0.15) is 39.2 Å². The molecule has 0 saturated heterocycles. The monoisotopic (exact) mass is 325 g/mol. The maximum atomic E-state index is 5.85. The molecule has 1 aliphatic rings. The van der Waals surface area contributed by atoms with E-state index in [-0.39, 0.29) is 5.41 Å². The first kappa shape index (κ1) is 14.9. The Kier molecular flexibility index (Phi) is 4.57. The summed E-state index contributed by atoms with van der Waals surface area (Å²) in [5.41, 5.74) is 2.70. The SMILES string of the molecule is CCOC1CC(Nc2ccc(C)cc2Br)C1(C)CC. The highest BCUT2D eigenvalue weighted by Crippen LogP contribution is 2.47. The van der Waals surface area contributed by atoms with E-state index in [0.29, 0.717) is 12.1 Å². The molecule has 3 heteroatoms. The van der Waals surface area contributed by atoms with Crippen LogP contribution >= 0.6 is 15.9 Å². The van der Waals surface area contributed by atoms with Gasteiger partial charge in [0.2, 0.25) is 0 Å². The molecule has 1 saturated carbocycles. The molecule has 2 nitrogen and oxygen atoms in total. The van der Waals surface area contributed by atoms with Crippen molar-refractivity contribution in [3.63, 3.8) is 0 Å². The fourth-order valence-electron chi connectivity index (χ4n) is 2.90. The van der Waals surface area contributed by atoms with Crippen LogP contribution in [0, 0.1) is 12.3 Å². The predicted molar refractivity (Wildman–Crippen MR) is 84.7 cm³/mol. The number of nitrogens with one attached hydrogen (secondary N) is 1. The molecule has 0 aliphatic heterocycles. The molecule has 1 aromatic rings. The Morgan fingerprint density at radius 3 is 2.74 bits per heavy atom. The number of halogens is 1. The van der Waals surface area contributed by atoms with Gasteiger partial charge in [0.05, 0.1) is 6.10 Å². The standard InChI is InChI=1S/C16H24BrNO/c1-5-16(4)14(10-15(16)19-6-2)18-13-8-7-11(3)9-12(13)17/h7-9,14-15,18H,5-6,10H2,1-4H3. The number of aryl methyl sites for hydroxylation is 1. The maximum absolute atomic E-state index is 5.85. The summed E-state index contributed by atoms with van der Waals surface area (Å²) in [4.78, 5) is 0. The second-order valence-electron chi connectivity index (χ2n) is 5.72. The Balaban J connectivity index is 2.08. The molecule has 2 rings (SSSR count). The van der Waals surface area contributed by atoms with E-state index in [4.69, 9.17) is 4.74 Å². The Labute approximate surface area is 125 Å². The molecule has 19 heavy (non-hydrogen) atoms. The van der Waals surface area contributed by atoms with E-state index in [0.717, 1.165) is 23.9 Å². The summed E-state index contributed by atoms with van der Waals surface area (Å²) in [6.07, 6.45) is 2.63. The van der Waals surface area contributed by atoms with Gasteiger partial charge in [-0.2, -0.15) is 0 Å². The highest BCUT2D eigenvalue weighted by atomic mass is 79.9. The molecule has 0 heterocycles. The molecule has 0 bridgehead atoms. The maximum Gasteiger partial charge on any atom is 0.0667 e. The normalized spacial score (nSPS) is 29.9. The highest BCUT2D eigenvalue weighted by molar-refractivity contribution is 9.10. The number of hydrogen-bond acceptors (Lipinski definition) is 2. The van der Waals surface area contributed by atoms with E-state index in [1.165, 1.54) is 11.3 Å². The second kappa shape index (κ2) is 5.84. The third-order valence-corrected chi connectivity index (χ3v) is 5.22.